The monoisotopic (exact) mass is 505 g/mol. The number of carbonyl (C=O) groups excluding carboxylic acids is 2. The zero-order valence-corrected chi connectivity index (χ0v) is 19.7. The van der Waals surface area contributed by atoms with Crippen molar-refractivity contribution in [2.45, 2.75) is 44.9 Å². The molecular formula is C23H25BrClN3O3. The first kappa shape index (κ1) is 22.1. The van der Waals surface area contributed by atoms with Crippen LogP contribution in [0.5, 0.6) is 0 Å². The lowest BCUT2D eigenvalue weighted by atomic mass is 9.78. The van der Waals surface area contributed by atoms with Crippen LogP contribution in [0, 0.1) is 11.8 Å². The van der Waals surface area contributed by atoms with E-state index in [4.69, 9.17) is 11.6 Å². The number of halogens is 2. The Balaban J connectivity index is 1.80. The van der Waals surface area contributed by atoms with E-state index >= 15 is 0 Å². The second-order valence-electron chi connectivity index (χ2n) is 8.45. The quantitative estimate of drug-likeness (QED) is 0.532. The van der Waals surface area contributed by atoms with Crippen molar-refractivity contribution < 1.29 is 14.7 Å². The van der Waals surface area contributed by atoms with E-state index < -0.39 is 17.7 Å². The summed E-state index contributed by atoms with van der Waals surface area (Å²) in [6, 6.07) is 10.8. The zero-order chi connectivity index (χ0) is 22.3. The van der Waals surface area contributed by atoms with Crippen LogP contribution in [0.1, 0.15) is 38.7 Å². The van der Waals surface area contributed by atoms with Gasteiger partial charge in [0, 0.05) is 26.8 Å². The summed E-state index contributed by atoms with van der Waals surface area (Å²) in [6.07, 6.45) is 2.97. The van der Waals surface area contributed by atoms with E-state index in [-0.39, 0.29) is 12.0 Å². The maximum Gasteiger partial charge on any atom is 0.329 e. The first-order valence-corrected chi connectivity index (χ1v) is 11.6. The van der Waals surface area contributed by atoms with Crippen LogP contribution in [0.3, 0.4) is 0 Å². The molecule has 8 heteroatoms. The summed E-state index contributed by atoms with van der Waals surface area (Å²) in [7, 11) is 0. The van der Waals surface area contributed by atoms with Gasteiger partial charge in [0.05, 0.1) is 5.69 Å². The minimum absolute atomic E-state index is 0.0760. The number of carbonyl (C=O) groups is 2. The molecule has 4 atom stereocenters. The third-order valence-corrected chi connectivity index (χ3v) is 7.30. The average Bonchev–Trinajstić information content (AvgIpc) is 2.73. The van der Waals surface area contributed by atoms with E-state index in [0.717, 1.165) is 24.2 Å². The number of hydrogen-bond donors (Lipinski definition) is 3. The van der Waals surface area contributed by atoms with E-state index in [9.17, 15) is 14.7 Å². The summed E-state index contributed by atoms with van der Waals surface area (Å²) in [4.78, 5) is 27.9. The second kappa shape index (κ2) is 8.45. The highest BCUT2D eigenvalue weighted by Gasteiger charge is 2.52. The van der Waals surface area contributed by atoms with Gasteiger partial charge in [0.1, 0.15) is 0 Å². The normalized spacial score (nSPS) is 28.0. The Kier molecular flexibility index (Phi) is 6.03. The standard InChI is InChI=1S/C23H25BrClN3O3/c1-13-4-3-5-19(14(13)2)26-21(29)23(31)18-12-15(24)6-11-20(18)27-22(30)28(23)17-9-7-16(25)8-10-17/h6-14,19,31H,3-5H2,1-2H3,(H,26,29)(H,27,30)/t13-,14+,19+,23+/m0/s1. The predicted octanol–water partition coefficient (Wildman–Crippen LogP) is 5.24. The summed E-state index contributed by atoms with van der Waals surface area (Å²) in [5.74, 6) is 0.115. The molecular weight excluding hydrogens is 482 g/mol. The molecule has 1 aliphatic heterocycles. The number of amides is 3. The smallest absolute Gasteiger partial charge is 0.329 e. The molecule has 3 amide bonds. The Hall–Kier alpha value is -2.09. The first-order chi connectivity index (χ1) is 14.7. The number of benzene rings is 2. The van der Waals surface area contributed by atoms with E-state index in [1.165, 1.54) is 0 Å². The van der Waals surface area contributed by atoms with Crippen molar-refractivity contribution in [3.63, 3.8) is 0 Å². The van der Waals surface area contributed by atoms with Crippen molar-refractivity contribution in [2.24, 2.45) is 11.8 Å². The fourth-order valence-electron chi connectivity index (χ4n) is 4.53. The lowest BCUT2D eigenvalue weighted by Crippen LogP contribution is -2.64. The Bertz CT molecular complexity index is 1020. The van der Waals surface area contributed by atoms with Crippen LogP contribution in [-0.4, -0.2) is 23.1 Å². The molecule has 0 saturated heterocycles. The van der Waals surface area contributed by atoms with Crippen LogP contribution in [0.2, 0.25) is 5.02 Å². The van der Waals surface area contributed by atoms with Gasteiger partial charge in [-0.3, -0.25) is 9.69 Å². The Morgan fingerprint density at radius 2 is 1.94 bits per heavy atom. The Labute approximate surface area is 195 Å². The van der Waals surface area contributed by atoms with Crippen LogP contribution in [0.15, 0.2) is 46.9 Å². The molecule has 0 unspecified atom stereocenters. The molecule has 164 valence electrons. The SMILES string of the molecule is C[C@@H]1[C@@H](C)CCC[C@H]1NC(=O)[C@]1(O)c2cc(Br)ccc2NC(=O)N1c1ccc(Cl)cc1. The van der Waals surface area contributed by atoms with Crippen molar-refractivity contribution in [3.8, 4) is 0 Å². The summed E-state index contributed by atoms with van der Waals surface area (Å²) >= 11 is 9.43. The highest BCUT2D eigenvalue weighted by atomic mass is 79.9. The molecule has 3 N–H and O–H groups in total. The molecule has 0 aromatic heterocycles. The molecule has 0 bridgehead atoms. The fraction of sp³-hybridized carbons (Fsp3) is 0.391. The van der Waals surface area contributed by atoms with Gasteiger partial charge in [-0.25, -0.2) is 4.79 Å². The molecule has 6 nitrogen and oxygen atoms in total. The number of urea groups is 1. The average molecular weight is 507 g/mol. The summed E-state index contributed by atoms with van der Waals surface area (Å²) in [5, 5.41) is 18.3. The van der Waals surface area contributed by atoms with Gasteiger partial charge >= 0.3 is 6.03 Å². The van der Waals surface area contributed by atoms with E-state index in [1.54, 1.807) is 42.5 Å². The Morgan fingerprint density at radius 3 is 2.65 bits per heavy atom. The molecule has 1 aliphatic carbocycles. The Morgan fingerprint density at radius 1 is 1.23 bits per heavy atom. The van der Waals surface area contributed by atoms with Crippen molar-refractivity contribution in [2.75, 3.05) is 10.2 Å². The van der Waals surface area contributed by atoms with Gasteiger partial charge in [0.2, 0.25) is 0 Å². The molecule has 1 heterocycles. The highest BCUT2D eigenvalue weighted by Crippen LogP contribution is 2.42. The predicted molar refractivity (Wildman–Crippen MR) is 125 cm³/mol. The van der Waals surface area contributed by atoms with Gasteiger partial charge in [-0.1, -0.05) is 54.2 Å². The van der Waals surface area contributed by atoms with Gasteiger partial charge < -0.3 is 15.7 Å². The van der Waals surface area contributed by atoms with Crippen molar-refractivity contribution in [3.05, 3.63) is 57.5 Å². The van der Waals surface area contributed by atoms with Crippen LogP contribution in [0.4, 0.5) is 16.2 Å². The number of fused-ring (bicyclic) bond motifs is 1. The number of aliphatic hydroxyl groups is 1. The minimum atomic E-state index is -2.23. The first-order valence-electron chi connectivity index (χ1n) is 10.4. The number of rotatable bonds is 3. The summed E-state index contributed by atoms with van der Waals surface area (Å²) in [6.45, 7) is 4.30. The summed E-state index contributed by atoms with van der Waals surface area (Å²) < 4.78 is 0.685. The van der Waals surface area contributed by atoms with Crippen LogP contribution in [0.25, 0.3) is 0 Å². The lowest BCUT2D eigenvalue weighted by molar-refractivity contribution is -0.141. The molecule has 31 heavy (non-hydrogen) atoms. The van der Waals surface area contributed by atoms with E-state index in [1.807, 2.05) is 0 Å². The maximum atomic E-state index is 13.7. The third kappa shape index (κ3) is 3.95. The second-order valence-corrected chi connectivity index (χ2v) is 9.80. The van der Waals surface area contributed by atoms with Crippen LogP contribution < -0.4 is 15.5 Å². The van der Waals surface area contributed by atoms with Gasteiger partial charge in [-0.15, -0.1) is 0 Å². The zero-order valence-electron chi connectivity index (χ0n) is 17.4. The van der Waals surface area contributed by atoms with Gasteiger partial charge in [-0.2, -0.15) is 0 Å². The van der Waals surface area contributed by atoms with Gasteiger partial charge in [-0.05, 0) is 60.7 Å². The van der Waals surface area contributed by atoms with E-state index in [0.29, 0.717) is 32.4 Å². The lowest BCUT2D eigenvalue weighted by Gasteiger charge is -2.44. The number of anilines is 2. The maximum absolute atomic E-state index is 13.7. The van der Waals surface area contributed by atoms with Crippen LogP contribution in [-0.2, 0) is 10.5 Å². The fourth-order valence-corrected chi connectivity index (χ4v) is 5.01. The summed E-state index contributed by atoms with van der Waals surface area (Å²) in [5.41, 5.74) is -1.18. The molecule has 4 rings (SSSR count). The molecule has 2 aromatic carbocycles. The largest absolute Gasteiger partial charge is 0.359 e. The number of hydrogen-bond acceptors (Lipinski definition) is 3. The minimum Gasteiger partial charge on any atom is -0.359 e. The van der Waals surface area contributed by atoms with Crippen molar-refractivity contribution >= 4 is 50.8 Å². The molecule has 2 aliphatic rings. The van der Waals surface area contributed by atoms with Gasteiger partial charge in [0.25, 0.3) is 11.6 Å². The van der Waals surface area contributed by atoms with E-state index in [2.05, 4.69) is 40.4 Å². The van der Waals surface area contributed by atoms with Crippen LogP contribution >= 0.6 is 27.5 Å². The number of nitrogens with one attached hydrogen (secondary N) is 2. The molecule has 1 saturated carbocycles. The van der Waals surface area contributed by atoms with Crippen molar-refractivity contribution in [1.29, 1.82) is 0 Å². The highest BCUT2D eigenvalue weighted by molar-refractivity contribution is 9.10. The molecule has 0 spiro atoms. The van der Waals surface area contributed by atoms with Crippen molar-refractivity contribution in [1.82, 2.24) is 5.32 Å². The molecule has 0 radical (unpaired) electrons. The topological polar surface area (TPSA) is 81.7 Å². The molecule has 2 aromatic rings. The van der Waals surface area contributed by atoms with Gasteiger partial charge in [0.15, 0.2) is 0 Å². The molecule has 1 fully saturated rings. The number of nitrogens with zero attached hydrogens (tertiary/aromatic N) is 1. The third-order valence-electron chi connectivity index (χ3n) is 6.55.